The fourth-order valence-corrected chi connectivity index (χ4v) is 3.42. The van der Waals surface area contributed by atoms with Crippen LogP contribution in [0, 0.1) is 25.2 Å². The van der Waals surface area contributed by atoms with Crippen LogP contribution in [0.1, 0.15) is 66.6 Å². The lowest BCUT2D eigenvalue weighted by Gasteiger charge is -2.19. The van der Waals surface area contributed by atoms with Crippen molar-refractivity contribution in [1.82, 2.24) is 4.57 Å². The van der Waals surface area contributed by atoms with Gasteiger partial charge in [0.25, 0.3) is 5.56 Å². The monoisotopic (exact) mass is 430 g/mol. The molecule has 0 radical (unpaired) electrons. The number of ether oxygens (including phenoxy) is 1. The van der Waals surface area contributed by atoms with Crippen LogP contribution in [0.3, 0.4) is 0 Å². The molecular formula is C23H27ClN2O4. The summed E-state index contributed by atoms with van der Waals surface area (Å²) in [6, 6.07) is 6.93. The van der Waals surface area contributed by atoms with Gasteiger partial charge in [-0.2, -0.15) is 5.26 Å². The van der Waals surface area contributed by atoms with E-state index in [1.54, 1.807) is 25.1 Å². The van der Waals surface area contributed by atoms with Gasteiger partial charge in [-0.3, -0.25) is 14.2 Å². The average molecular weight is 431 g/mol. The van der Waals surface area contributed by atoms with Crippen LogP contribution in [0.25, 0.3) is 0 Å². The number of nitriles is 1. The Hall–Kier alpha value is -2.78. The number of nitrogens with zero attached hydrogens (tertiary/aromatic N) is 2. The molecule has 1 heterocycles. The highest BCUT2D eigenvalue weighted by molar-refractivity contribution is 6.31. The molecule has 0 saturated heterocycles. The molecule has 2 rings (SSSR count). The van der Waals surface area contributed by atoms with Gasteiger partial charge in [-0.1, -0.05) is 37.8 Å². The van der Waals surface area contributed by atoms with Crippen LogP contribution >= 0.6 is 11.6 Å². The Balaban J connectivity index is 2.40. The molecule has 160 valence electrons. The first kappa shape index (κ1) is 23.5. The highest BCUT2D eigenvalue weighted by atomic mass is 35.5. The maximum atomic E-state index is 13.1. The Kier molecular flexibility index (Phi) is 8.08. The van der Waals surface area contributed by atoms with E-state index in [1.165, 1.54) is 6.92 Å². The lowest BCUT2D eigenvalue weighted by Crippen LogP contribution is -2.31. The molecule has 0 aliphatic rings. The maximum absolute atomic E-state index is 13.1. The van der Waals surface area contributed by atoms with Crippen molar-refractivity contribution in [3.63, 3.8) is 0 Å². The summed E-state index contributed by atoms with van der Waals surface area (Å²) in [6.07, 6.45) is 2.65. The number of hydrogen-bond acceptors (Lipinski definition) is 5. The second-order valence-corrected chi connectivity index (χ2v) is 7.77. The zero-order valence-corrected chi connectivity index (χ0v) is 18.5. The lowest BCUT2D eigenvalue weighted by atomic mass is 9.99. The van der Waals surface area contributed by atoms with Gasteiger partial charge in [0.2, 0.25) is 11.7 Å². The number of Topliss-reactive ketones (excluding diaryl/α,β-unsaturated/α-hetero) is 1. The minimum atomic E-state index is -0.937. The van der Waals surface area contributed by atoms with Crippen molar-refractivity contribution in [3.8, 4) is 17.7 Å². The molecule has 0 aliphatic carbocycles. The van der Waals surface area contributed by atoms with E-state index in [0.717, 1.165) is 29.4 Å². The van der Waals surface area contributed by atoms with E-state index < -0.39 is 23.3 Å². The molecule has 30 heavy (non-hydrogen) atoms. The van der Waals surface area contributed by atoms with Gasteiger partial charge in [0.15, 0.2) is 6.10 Å². The molecule has 2 aromatic rings. The molecule has 1 atom stereocenters. The minimum absolute atomic E-state index is 0.0557. The standard InChI is InChI=1S/C23H27ClN2O4/c1-5-6-7-8-11-26-22(28)18(13-25)15(3)20(23(26)29)21(27)16(4)30-17-9-10-19(24)14(2)12-17/h9-10,12,16,29H,5-8,11H2,1-4H3. The number of carbonyl (C=O) groups excluding carboxylic acids is 1. The number of benzene rings is 1. The topological polar surface area (TPSA) is 92.3 Å². The Bertz CT molecular complexity index is 1040. The second-order valence-electron chi connectivity index (χ2n) is 7.36. The Morgan fingerprint density at radius 1 is 1.30 bits per heavy atom. The molecule has 6 nitrogen and oxygen atoms in total. The predicted molar refractivity (Wildman–Crippen MR) is 117 cm³/mol. The van der Waals surface area contributed by atoms with Gasteiger partial charge < -0.3 is 9.84 Å². The molecule has 1 N–H and O–H groups in total. The quantitative estimate of drug-likeness (QED) is 0.450. The number of carbonyl (C=O) groups is 1. The molecule has 1 unspecified atom stereocenters. The van der Waals surface area contributed by atoms with Gasteiger partial charge in [0.05, 0.1) is 5.56 Å². The SMILES string of the molecule is CCCCCCn1c(O)c(C(=O)C(C)Oc2ccc(Cl)c(C)c2)c(C)c(C#N)c1=O. The number of pyridine rings is 1. The minimum Gasteiger partial charge on any atom is -0.494 e. The number of aromatic hydroxyl groups is 1. The summed E-state index contributed by atoms with van der Waals surface area (Å²) in [4.78, 5) is 25.8. The summed E-state index contributed by atoms with van der Waals surface area (Å²) in [7, 11) is 0. The van der Waals surface area contributed by atoms with Crippen LogP contribution in [-0.2, 0) is 6.54 Å². The van der Waals surface area contributed by atoms with Gasteiger partial charge in [0.1, 0.15) is 17.4 Å². The van der Waals surface area contributed by atoms with E-state index in [9.17, 15) is 20.0 Å². The molecule has 0 bridgehead atoms. The van der Waals surface area contributed by atoms with E-state index in [-0.39, 0.29) is 23.2 Å². The van der Waals surface area contributed by atoms with Gasteiger partial charge in [0, 0.05) is 11.6 Å². The first-order valence-corrected chi connectivity index (χ1v) is 10.4. The first-order valence-electron chi connectivity index (χ1n) is 10.1. The van der Waals surface area contributed by atoms with Crippen LogP contribution in [-0.4, -0.2) is 21.6 Å². The van der Waals surface area contributed by atoms with Crippen LogP contribution in [0.15, 0.2) is 23.0 Å². The van der Waals surface area contributed by atoms with Gasteiger partial charge >= 0.3 is 0 Å². The number of aromatic nitrogens is 1. The molecular weight excluding hydrogens is 404 g/mol. The molecule has 7 heteroatoms. The lowest BCUT2D eigenvalue weighted by molar-refractivity contribution is 0.0812. The van der Waals surface area contributed by atoms with Crippen molar-refractivity contribution in [2.45, 2.75) is 66.0 Å². The summed E-state index contributed by atoms with van der Waals surface area (Å²) >= 11 is 6.03. The number of hydrogen-bond donors (Lipinski definition) is 1. The normalized spacial score (nSPS) is 11.7. The highest BCUT2D eigenvalue weighted by Crippen LogP contribution is 2.26. The summed E-state index contributed by atoms with van der Waals surface area (Å²) in [6.45, 7) is 7.20. The third-order valence-electron chi connectivity index (χ3n) is 5.09. The number of aryl methyl sites for hydroxylation is 1. The molecule has 0 amide bonds. The fourth-order valence-electron chi connectivity index (χ4n) is 3.30. The van der Waals surface area contributed by atoms with Crippen molar-refractivity contribution in [2.24, 2.45) is 0 Å². The number of unbranched alkanes of at least 4 members (excludes halogenated alkanes) is 3. The zero-order valence-electron chi connectivity index (χ0n) is 17.8. The van der Waals surface area contributed by atoms with Crippen molar-refractivity contribution in [2.75, 3.05) is 0 Å². The van der Waals surface area contributed by atoms with Gasteiger partial charge in [-0.15, -0.1) is 0 Å². The van der Waals surface area contributed by atoms with Crippen molar-refractivity contribution >= 4 is 17.4 Å². The molecule has 0 aliphatic heterocycles. The highest BCUT2D eigenvalue weighted by Gasteiger charge is 2.28. The molecule has 0 fully saturated rings. The predicted octanol–water partition coefficient (Wildman–Crippen LogP) is 4.93. The van der Waals surface area contributed by atoms with E-state index >= 15 is 0 Å². The van der Waals surface area contributed by atoms with Crippen LogP contribution in [0.5, 0.6) is 11.6 Å². The largest absolute Gasteiger partial charge is 0.494 e. The molecule has 0 spiro atoms. The second kappa shape index (κ2) is 10.3. The number of rotatable bonds is 9. The fraction of sp³-hybridized carbons (Fsp3) is 0.435. The van der Waals surface area contributed by atoms with E-state index in [2.05, 4.69) is 6.92 Å². The summed E-state index contributed by atoms with van der Waals surface area (Å²) in [5.74, 6) is -0.458. The van der Waals surface area contributed by atoms with Crippen molar-refractivity contribution in [3.05, 3.63) is 55.8 Å². The first-order chi connectivity index (χ1) is 14.2. The Morgan fingerprint density at radius 3 is 2.60 bits per heavy atom. The average Bonchev–Trinajstić information content (AvgIpc) is 2.70. The van der Waals surface area contributed by atoms with Crippen molar-refractivity contribution < 1.29 is 14.6 Å². The van der Waals surface area contributed by atoms with Gasteiger partial charge in [-0.05, 0) is 56.5 Å². The third kappa shape index (κ3) is 5.03. The van der Waals surface area contributed by atoms with Gasteiger partial charge in [-0.25, -0.2) is 0 Å². The summed E-state index contributed by atoms with van der Waals surface area (Å²) in [5.41, 5.74) is 0.196. The summed E-state index contributed by atoms with van der Waals surface area (Å²) < 4.78 is 6.86. The zero-order chi connectivity index (χ0) is 22.4. The number of ketones is 1. The molecule has 1 aromatic heterocycles. The Labute approximate surface area is 181 Å². The maximum Gasteiger partial charge on any atom is 0.271 e. The molecule has 0 saturated carbocycles. The molecule has 1 aromatic carbocycles. The Morgan fingerprint density at radius 2 is 2.00 bits per heavy atom. The van der Waals surface area contributed by atoms with Crippen molar-refractivity contribution in [1.29, 1.82) is 5.26 Å². The van der Waals surface area contributed by atoms with E-state index in [1.807, 2.05) is 13.0 Å². The van der Waals surface area contributed by atoms with E-state index in [0.29, 0.717) is 17.2 Å². The smallest absolute Gasteiger partial charge is 0.271 e. The third-order valence-corrected chi connectivity index (χ3v) is 5.52. The number of halogens is 1. The van der Waals surface area contributed by atoms with Crippen LogP contribution < -0.4 is 10.3 Å². The van der Waals surface area contributed by atoms with E-state index in [4.69, 9.17) is 16.3 Å². The van der Waals surface area contributed by atoms with Crippen LogP contribution in [0.2, 0.25) is 5.02 Å². The summed E-state index contributed by atoms with van der Waals surface area (Å²) in [5, 5.41) is 20.8. The van der Waals surface area contributed by atoms with Crippen LogP contribution in [0.4, 0.5) is 0 Å².